The van der Waals surface area contributed by atoms with Gasteiger partial charge in [0, 0.05) is 24.7 Å². The molecule has 0 spiro atoms. The molecule has 2 aromatic rings. The van der Waals surface area contributed by atoms with Gasteiger partial charge in [-0.3, -0.25) is 15.0 Å². The van der Waals surface area contributed by atoms with Gasteiger partial charge in [0.05, 0.1) is 10.5 Å². The molecule has 0 amide bonds. The highest BCUT2D eigenvalue weighted by atomic mass is 16.6. The number of non-ortho nitro benzene ring substituents is 1. The molecule has 0 radical (unpaired) electrons. The van der Waals surface area contributed by atoms with Crippen molar-refractivity contribution in [2.75, 3.05) is 6.54 Å². The number of rotatable bonds is 6. The van der Waals surface area contributed by atoms with Crippen molar-refractivity contribution >= 4 is 11.7 Å². The molecule has 0 bridgehead atoms. The zero-order valence-electron chi connectivity index (χ0n) is 15.5. The lowest BCUT2D eigenvalue weighted by molar-refractivity contribution is -0.384. The van der Waals surface area contributed by atoms with Crippen LogP contribution in [0.1, 0.15) is 47.7 Å². The maximum atomic E-state index is 12.3. The quantitative estimate of drug-likeness (QED) is 0.431. The summed E-state index contributed by atoms with van der Waals surface area (Å²) in [5.74, 6) is -0.481. The summed E-state index contributed by atoms with van der Waals surface area (Å²) in [7, 11) is 0. The van der Waals surface area contributed by atoms with E-state index in [0.717, 1.165) is 18.7 Å². The number of nitro groups is 1. The summed E-state index contributed by atoms with van der Waals surface area (Å²) in [5, 5.41) is 10.7. The number of carbonyl (C=O) groups excluding carboxylic acids is 1. The van der Waals surface area contributed by atoms with Crippen LogP contribution < -0.4 is 0 Å². The second-order valence-electron chi connectivity index (χ2n) is 6.96. The van der Waals surface area contributed by atoms with Crippen molar-refractivity contribution in [3.63, 3.8) is 0 Å². The molecule has 1 saturated heterocycles. The number of carbonyl (C=O) groups is 1. The zero-order chi connectivity index (χ0) is 19.2. The van der Waals surface area contributed by atoms with Crippen LogP contribution in [0.2, 0.25) is 0 Å². The summed E-state index contributed by atoms with van der Waals surface area (Å²) in [5.41, 5.74) is 2.42. The molecule has 142 valence electrons. The molecular weight excluding hydrogens is 344 g/mol. The van der Waals surface area contributed by atoms with Gasteiger partial charge in [-0.05, 0) is 49.6 Å². The van der Waals surface area contributed by atoms with Gasteiger partial charge < -0.3 is 4.74 Å². The van der Waals surface area contributed by atoms with Crippen LogP contribution in [-0.4, -0.2) is 28.4 Å². The van der Waals surface area contributed by atoms with E-state index in [9.17, 15) is 14.9 Å². The fourth-order valence-corrected chi connectivity index (χ4v) is 3.41. The summed E-state index contributed by atoms with van der Waals surface area (Å²) in [6.07, 6.45) is 3.73. The topological polar surface area (TPSA) is 72.7 Å². The Hall–Kier alpha value is -2.73. The lowest BCUT2D eigenvalue weighted by Gasteiger charge is -2.33. The first-order valence-electron chi connectivity index (χ1n) is 9.27. The van der Waals surface area contributed by atoms with Crippen LogP contribution in [0.15, 0.2) is 48.5 Å². The molecule has 0 N–H and O–H groups in total. The van der Waals surface area contributed by atoms with Crippen LogP contribution in [0.25, 0.3) is 0 Å². The third-order valence-corrected chi connectivity index (χ3v) is 5.10. The first-order chi connectivity index (χ1) is 13.0. The van der Waals surface area contributed by atoms with E-state index < -0.39 is 10.9 Å². The minimum atomic E-state index is -0.493. The SMILES string of the molecule is C[C@@H]1CCCCN1Cc1ccccc1COC(=O)c1ccc([N+](=O)[O-])cc1. The number of ether oxygens (including phenoxy) is 1. The molecule has 0 unspecified atom stereocenters. The summed E-state index contributed by atoms with van der Waals surface area (Å²) >= 11 is 0. The van der Waals surface area contributed by atoms with Gasteiger partial charge in [0.2, 0.25) is 0 Å². The summed E-state index contributed by atoms with van der Waals surface area (Å²) < 4.78 is 5.44. The Kier molecular flexibility index (Phi) is 6.19. The maximum absolute atomic E-state index is 12.3. The first kappa shape index (κ1) is 19.0. The van der Waals surface area contributed by atoms with Gasteiger partial charge in [-0.1, -0.05) is 30.7 Å². The Morgan fingerprint density at radius 1 is 1.15 bits per heavy atom. The van der Waals surface area contributed by atoms with Crippen LogP contribution in [0.4, 0.5) is 5.69 Å². The van der Waals surface area contributed by atoms with Crippen molar-refractivity contribution < 1.29 is 14.5 Å². The third-order valence-electron chi connectivity index (χ3n) is 5.10. The van der Waals surface area contributed by atoms with Gasteiger partial charge in [0.1, 0.15) is 6.61 Å². The molecule has 1 aliphatic rings. The van der Waals surface area contributed by atoms with Crippen LogP contribution in [-0.2, 0) is 17.9 Å². The average Bonchev–Trinajstić information content (AvgIpc) is 2.69. The third kappa shape index (κ3) is 4.92. The van der Waals surface area contributed by atoms with Gasteiger partial charge in [-0.25, -0.2) is 4.79 Å². The average molecular weight is 368 g/mol. The Balaban J connectivity index is 1.63. The summed E-state index contributed by atoms with van der Waals surface area (Å²) in [6, 6.07) is 14.0. The lowest BCUT2D eigenvalue weighted by Crippen LogP contribution is -2.37. The number of hydrogen-bond donors (Lipinski definition) is 0. The van der Waals surface area contributed by atoms with Gasteiger partial charge in [0.25, 0.3) is 5.69 Å². The Labute approximate surface area is 158 Å². The monoisotopic (exact) mass is 368 g/mol. The van der Waals surface area contributed by atoms with E-state index in [1.54, 1.807) is 0 Å². The van der Waals surface area contributed by atoms with Gasteiger partial charge >= 0.3 is 5.97 Å². The Morgan fingerprint density at radius 3 is 2.52 bits per heavy atom. The van der Waals surface area contributed by atoms with Crippen molar-refractivity contribution in [2.24, 2.45) is 0 Å². The summed E-state index contributed by atoms with van der Waals surface area (Å²) in [6.45, 7) is 4.40. The smallest absolute Gasteiger partial charge is 0.338 e. The second-order valence-corrected chi connectivity index (χ2v) is 6.96. The maximum Gasteiger partial charge on any atom is 0.338 e. The lowest BCUT2D eigenvalue weighted by atomic mass is 10.0. The second kappa shape index (κ2) is 8.77. The molecule has 1 fully saturated rings. The number of nitro benzene ring substituents is 1. The largest absolute Gasteiger partial charge is 0.457 e. The van der Waals surface area contributed by atoms with E-state index >= 15 is 0 Å². The van der Waals surface area contributed by atoms with E-state index in [2.05, 4.69) is 17.9 Å². The summed E-state index contributed by atoms with van der Waals surface area (Å²) in [4.78, 5) is 24.9. The highest BCUT2D eigenvalue weighted by Gasteiger charge is 2.19. The molecule has 0 aromatic heterocycles. The molecule has 1 atom stereocenters. The highest BCUT2D eigenvalue weighted by molar-refractivity contribution is 5.89. The minimum absolute atomic E-state index is 0.0486. The fraction of sp³-hybridized carbons (Fsp3) is 0.381. The zero-order valence-corrected chi connectivity index (χ0v) is 15.5. The van der Waals surface area contributed by atoms with Crippen molar-refractivity contribution in [2.45, 2.75) is 45.4 Å². The Morgan fingerprint density at radius 2 is 1.85 bits per heavy atom. The number of piperidine rings is 1. The van der Waals surface area contributed by atoms with E-state index in [-0.39, 0.29) is 12.3 Å². The molecular formula is C21H24N2O4. The van der Waals surface area contributed by atoms with Crippen molar-refractivity contribution in [1.29, 1.82) is 0 Å². The van der Waals surface area contributed by atoms with E-state index in [4.69, 9.17) is 4.74 Å². The molecule has 1 heterocycles. The minimum Gasteiger partial charge on any atom is -0.457 e. The molecule has 3 rings (SSSR count). The predicted molar refractivity (Wildman–Crippen MR) is 102 cm³/mol. The molecule has 0 saturated carbocycles. The normalized spacial score (nSPS) is 17.4. The molecule has 6 heteroatoms. The van der Waals surface area contributed by atoms with E-state index in [1.807, 2.05) is 18.2 Å². The van der Waals surface area contributed by atoms with Crippen molar-refractivity contribution in [3.05, 3.63) is 75.3 Å². The fourth-order valence-electron chi connectivity index (χ4n) is 3.41. The molecule has 27 heavy (non-hydrogen) atoms. The van der Waals surface area contributed by atoms with Gasteiger partial charge in [-0.2, -0.15) is 0 Å². The van der Waals surface area contributed by atoms with Gasteiger partial charge in [-0.15, -0.1) is 0 Å². The molecule has 1 aliphatic heterocycles. The van der Waals surface area contributed by atoms with Crippen LogP contribution in [0.3, 0.4) is 0 Å². The molecule has 6 nitrogen and oxygen atoms in total. The van der Waals surface area contributed by atoms with Crippen molar-refractivity contribution in [1.82, 2.24) is 4.90 Å². The van der Waals surface area contributed by atoms with Gasteiger partial charge in [0.15, 0.2) is 0 Å². The van der Waals surface area contributed by atoms with Crippen LogP contribution in [0, 0.1) is 10.1 Å². The number of esters is 1. The molecule has 2 aromatic carbocycles. The number of nitrogens with zero attached hydrogens (tertiary/aromatic N) is 2. The Bertz CT molecular complexity index is 804. The number of hydrogen-bond acceptors (Lipinski definition) is 5. The van der Waals surface area contributed by atoms with Crippen LogP contribution >= 0.6 is 0 Å². The number of likely N-dealkylation sites (tertiary alicyclic amines) is 1. The number of benzene rings is 2. The predicted octanol–water partition coefficient (Wildman–Crippen LogP) is 4.33. The van der Waals surface area contributed by atoms with Crippen molar-refractivity contribution in [3.8, 4) is 0 Å². The highest BCUT2D eigenvalue weighted by Crippen LogP contribution is 2.21. The van der Waals surface area contributed by atoms with E-state index in [0.29, 0.717) is 11.6 Å². The van der Waals surface area contributed by atoms with E-state index in [1.165, 1.54) is 49.1 Å². The van der Waals surface area contributed by atoms with Crippen LogP contribution in [0.5, 0.6) is 0 Å². The standard InChI is InChI=1S/C21H24N2O4/c1-16-6-4-5-13-22(16)14-18-7-2-3-8-19(18)15-27-21(24)17-9-11-20(12-10-17)23(25)26/h2-3,7-12,16H,4-6,13-15H2,1H3/t16-/m1/s1. The first-order valence-corrected chi connectivity index (χ1v) is 9.27. The molecule has 0 aliphatic carbocycles.